The number of dihydropyridines is 1. The third kappa shape index (κ3) is 4.70. The summed E-state index contributed by atoms with van der Waals surface area (Å²) in [4.78, 5) is 27.4. The van der Waals surface area contributed by atoms with Crippen molar-refractivity contribution in [3.63, 3.8) is 0 Å². The molecule has 0 unspecified atom stereocenters. The number of rotatable bonds is 7. The first-order valence-corrected chi connectivity index (χ1v) is 12.5. The van der Waals surface area contributed by atoms with Crippen molar-refractivity contribution in [3.05, 3.63) is 97.0 Å². The topological polar surface area (TPSA) is 82.0 Å². The molecule has 1 aromatic carbocycles. The summed E-state index contributed by atoms with van der Waals surface area (Å²) in [5.41, 5.74) is 2.30. The van der Waals surface area contributed by atoms with Crippen LogP contribution in [0.5, 0.6) is 0 Å². The van der Waals surface area contributed by atoms with Gasteiger partial charge in [-0.2, -0.15) is 5.26 Å². The molecule has 5 nitrogen and oxygen atoms in total. The number of nitriles is 1. The Bertz CT molecular complexity index is 1220. The van der Waals surface area contributed by atoms with Crippen LogP contribution in [0.3, 0.4) is 0 Å². The summed E-state index contributed by atoms with van der Waals surface area (Å²) in [6, 6.07) is 19.0. The number of nitrogens with zero attached hydrogens (tertiary/aromatic N) is 1. The zero-order chi connectivity index (χ0) is 22.5. The van der Waals surface area contributed by atoms with E-state index in [0.29, 0.717) is 32.4 Å². The summed E-state index contributed by atoms with van der Waals surface area (Å²) < 4.78 is 0. The van der Waals surface area contributed by atoms with Gasteiger partial charge in [-0.15, -0.1) is 22.7 Å². The van der Waals surface area contributed by atoms with E-state index in [1.807, 2.05) is 66.2 Å². The van der Waals surface area contributed by atoms with E-state index in [9.17, 15) is 14.9 Å². The molecule has 2 N–H and O–H groups in total. The molecule has 0 radical (unpaired) electrons. The lowest BCUT2D eigenvalue weighted by Gasteiger charge is -2.29. The maximum absolute atomic E-state index is 13.3. The van der Waals surface area contributed by atoms with Gasteiger partial charge < -0.3 is 10.6 Å². The highest BCUT2D eigenvalue weighted by Gasteiger charge is 2.35. The molecular weight excluding hydrogens is 458 g/mol. The fraction of sp³-hybridized carbons (Fsp3) is 0.125. The van der Waals surface area contributed by atoms with Gasteiger partial charge in [0.15, 0.2) is 5.78 Å². The second-order valence-corrected chi connectivity index (χ2v) is 9.89. The summed E-state index contributed by atoms with van der Waals surface area (Å²) in [6.07, 6.45) is 0. The first-order valence-electron chi connectivity index (χ1n) is 9.80. The standard InChI is InChI=1S/C24H19N3O2S3/c1-15-21(23(29)27-16-7-3-2-4-8-16)22(20-10-6-12-31-20)17(13-25)24(26-15)32-14-18(28)19-9-5-11-30-19/h2-12,22,26H,14H2,1H3,(H,27,29)/t22-/m1/s1. The van der Waals surface area contributed by atoms with Crippen LogP contribution in [0.4, 0.5) is 5.69 Å². The van der Waals surface area contributed by atoms with Crippen molar-refractivity contribution in [1.82, 2.24) is 5.32 Å². The van der Waals surface area contributed by atoms with Crippen molar-refractivity contribution in [2.75, 3.05) is 11.1 Å². The van der Waals surface area contributed by atoms with Gasteiger partial charge in [-0.3, -0.25) is 9.59 Å². The van der Waals surface area contributed by atoms with Gasteiger partial charge in [0.1, 0.15) is 0 Å². The average Bonchev–Trinajstić information content (AvgIpc) is 3.52. The Labute approximate surface area is 198 Å². The first-order chi connectivity index (χ1) is 15.6. The number of para-hydroxylation sites is 1. The normalized spacial score (nSPS) is 15.8. The van der Waals surface area contributed by atoms with Crippen LogP contribution in [0.2, 0.25) is 0 Å². The van der Waals surface area contributed by atoms with Gasteiger partial charge in [0.2, 0.25) is 0 Å². The minimum atomic E-state index is -0.496. The number of nitrogens with one attached hydrogen (secondary N) is 2. The van der Waals surface area contributed by atoms with E-state index in [1.54, 1.807) is 6.07 Å². The summed E-state index contributed by atoms with van der Waals surface area (Å²) in [7, 11) is 0. The molecule has 8 heteroatoms. The number of ketones is 1. The summed E-state index contributed by atoms with van der Waals surface area (Å²) in [5, 5.41) is 20.6. The fourth-order valence-corrected chi connectivity index (χ4v) is 6.01. The number of thioether (sulfide) groups is 1. The van der Waals surface area contributed by atoms with Crippen molar-refractivity contribution in [3.8, 4) is 6.07 Å². The largest absolute Gasteiger partial charge is 0.353 e. The van der Waals surface area contributed by atoms with Crippen LogP contribution in [0.25, 0.3) is 0 Å². The number of anilines is 1. The lowest BCUT2D eigenvalue weighted by Crippen LogP contribution is -2.30. The molecule has 0 bridgehead atoms. The maximum atomic E-state index is 13.3. The minimum absolute atomic E-state index is 0.0125. The minimum Gasteiger partial charge on any atom is -0.353 e. The molecule has 3 aromatic rings. The van der Waals surface area contributed by atoms with Crippen LogP contribution in [-0.4, -0.2) is 17.4 Å². The Balaban J connectivity index is 1.65. The molecule has 0 aliphatic carbocycles. The van der Waals surface area contributed by atoms with Crippen molar-refractivity contribution in [1.29, 1.82) is 5.26 Å². The summed E-state index contributed by atoms with van der Waals surface area (Å²) in [6.45, 7) is 1.83. The summed E-state index contributed by atoms with van der Waals surface area (Å²) in [5.74, 6) is -0.529. The van der Waals surface area contributed by atoms with E-state index in [2.05, 4.69) is 16.7 Å². The molecule has 0 spiro atoms. The number of amides is 1. The van der Waals surface area contributed by atoms with E-state index in [4.69, 9.17) is 0 Å². The number of hydrogen-bond acceptors (Lipinski definition) is 7. The molecule has 1 aliphatic heterocycles. The van der Waals surface area contributed by atoms with Crippen LogP contribution in [-0.2, 0) is 4.79 Å². The molecule has 32 heavy (non-hydrogen) atoms. The van der Waals surface area contributed by atoms with Gasteiger partial charge in [-0.1, -0.05) is 42.1 Å². The predicted molar refractivity (Wildman–Crippen MR) is 132 cm³/mol. The Hall–Kier alpha value is -3.12. The number of carbonyl (C=O) groups is 2. The van der Waals surface area contributed by atoms with Crippen molar-refractivity contribution < 1.29 is 9.59 Å². The van der Waals surface area contributed by atoms with Crippen LogP contribution < -0.4 is 10.6 Å². The zero-order valence-electron chi connectivity index (χ0n) is 17.1. The number of hydrogen-bond donors (Lipinski definition) is 2. The van der Waals surface area contributed by atoms with Crippen molar-refractivity contribution in [2.45, 2.75) is 12.8 Å². The molecule has 4 rings (SSSR count). The lowest BCUT2D eigenvalue weighted by atomic mass is 9.86. The fourth-order valence-electron chi connectivity index (χ4n) is 3.43. The van der Waals surface area contributed by atoms with E-state index < -0.39 is 5.92 Å². The third-order valence-electron chi connectivity index (χ3n) is 4.90. The van der Waals surface area contributed by atoms with Gasteiger partial charge in [-0.25, -0.2) is 0 Å². The molecule has 1 amide bonds. The van der Waals surface area contributed by atoms with Gasteiger partial charge in [0, 0.05) is 21.8 Å². The van der Waals surface area contributed by atoms with Gasteiger partial charge >= 0.3 is 0 Å². The molecular formula is C24H19N3O2S3. The zero-order valence-corrected chi connectivity index (χ0v) is 19.6. The predicted octanol–water partition coefficient (Wildman–Crippen LogP) is 5.76. The van der Waals surface area contributed by atoms with E-state index in [1.165, 1.54) is 34.4 Å². The Kier molecular flexibility index (Phi) is 6.90. The summed E-state index contributed by atoms with van der Waals surface area (Å²) >= 11 is 4.21. The molecule has 1 atom stereocenters. The van der Waals surface area contributed by atoms with Crippen LogP contribution in [0.1, 0.15) is 27.4 Å². The molecule has 1 aliphatic rings. The number of carbonyl (C=O) groups excluding carboxylic acids is 2. The number of benzene rings is 1. The highest BCUT2D eigenvalue weighted by Crippen LogP contribution is 2.42. The monoisotopic (exact) mass is 477 g/mol. The Morgan fingerprint density at radius 3 is 2.50 bits per heavy atom. The molecule has 0 fully saturated rings. The maximum Gasteiger partial charge on any atom is 0.254 e. The van der Waals surface area contributed by atoms with Crippen molar-refractivity contribution >= 4 is 51.8 Å². The number of thiophene rings is 2. The number of Topliss-reactive ketones (excluding diaryl/α,β-unsaturated/α-hetero) is 1. The molecule has 0 saturated carbocycles. The smallest absolute Gasteiger partial charge is 0.254 e. The van der Waals surface area contributed by atoms with Gasteiger partial charge in [0.25, 0.3) is 5.91 Å². The molecule has 160 valence electrons. The SMILES string of the molecule is CC1=C(C(=O)Nc2ccccc2)[C@@H](c2cccs2)C(C#N)=C(SCC(=O)c2cccs2)N1. The highest BCUT2D eigenvalue weighted by atomic mass is 32.2. The first kappa shape index (κ1) is 22.1. The third-order valence-corrected chi connectivity index (χ3v) is 7.76. The average molecular weight is 478 g/mol. The van der Waals surface area contributed by atoms with Crippen LogP contribution in [0.15, 0.2) is 87.2 Å². The van der Waals surface area contributed by atoms with Crippen LogP contribution in [0, 0.1) is 11.3 Å². The van der Waals surface area contributed by atoms with E-state index in [0.717, 1.165) is 4.88 Å². The molecule has 0 saturated heterocycles. The molecule has 3 heterocycles. The van der Waals surface area contributed by atoms with Crippen LogP contribution >= 0.6 is 34.4 Å². The second-order valence-electron chi connectivity index (χ2n) is 6.98. The van der Waals surface area contributed by atoms with Gasteiger partial charge in [0.05, 0.1) is 33.2 Å². The lowest BCUT2D eigenvalue weighted by molar-refractivity contribution is -0.113. The van der Waals surface area contributed by atoms with Crippen molar-refractivity contribution in [2.24, 2.45) is 0 Å². The number of allylic oxidation sites excluding steroid dienone is 2. The van der Waals surface area contributed by atoms with Gasteiger partial charge in [-0.05, 0) is 41.9 Å². The molecule has 2 aromatic heterocycles. The highest BCUT2D eigenvalue weighted by molar-refractivity contribution is 8.03. The van der Waals surface area contributed by atoms with E-state index in [-0.39, 0.29) is 17.4 Å². The van der Waals surface area contributed by atoms with E-state index >= 15 is 0 Å². The quantitative estimate of drug-likeness (QED) is 0.423. The Morgan fingerprint density at radius 2 is 1.84 bits per heavy atom. The second kappa shape index (κ2) is 10.0. The Morgan fingerprint density at radius 1 is 1.09 bits per heavy atom.